The second kappa shape index (κ2) is 8.02. The van der Waals surface area contributed by atoms with Crippen LogP contribution in [-0.2, 0) is 11.3 Å². The first-order chi connectivity index (χ1) is 13.7. The standard InChI is InChI=1S/C22H26N4O2/c1-3-25(4-2)13-14-26-19-11-7-6-10-18(19)23-22(26)24-21(27)17-15-28-20-12-8-5-9-16(17)20/h5-12,17H,3-4,13-15H2,1-2H3,(H,23,24,27). The van der Waals surface area contributed by atoms with Gasteiger partial charge in [-0.3, -0.25) is 10.1 Å². The Bertz CT molecular complexity index is 978. The number of hydrogen-bond donors (Lipinski definition) is 1. The number of carbonyl (C=O) groups excluding carboxylic acids is 1. The molecule has 1 unspecified atom stereocenters. The van der Waals surface area contributed by atoms with Gasteiger partial charge < -0.3 is 14.2 Å². The van der Waals surface area contributed by atoms with Crippen LogP contribution in [0.1, 0.15) is 25.3 Å². The molecule has 2 heterocycles. The highest BCUT2D eigenvalue weighted by molar-refractivity contribution is 5.97. The lowest BCUT2D eigenvalue weighted by molar-refractivity contribution is -0.117. The van der Waals surface area contributed by atoms with Crippen molar-refractivity contribution < 1.29 is 9.53 Å². The summed E-state index contributed by atoms with van der Waals surface area (Å²) in [5, 5.41) is 3.06. The molecule has 0 spiro atoms. The first-order valence-electron chi connectivity index (χ1n) is 9.91. The van der Waals surface area contributed by atoms with E-state index < -0.39 is 0 Å². The molecule has 0 saturated heterocycles. The van der Waals surface area contributed by atoms with Gasteiger partial charge in [0.15, 0.2) is 0 Å². The van der Waals surface area contributed by atoms with E-state index in [9.17, 15) is 4.79 Å². The van der Waals surface area contributed by atoms with Crippen LogP contribution in [0.15, 0.2) is 48.5 Å². The van der Waals surface area contributed by atoms with Crippen molar-refractivity contribution in [3.8, 4) is 5.75 Å². The second-order valence-corrected chi connectivity index (χ2v) is 6.99. The fourth-order valence-corrected chi connectivity index (χ4v) is 3.76. The molecule has 146 valence electrons. The number of carbonyl (C=O) groups is 1. The molecule has 4 rings (SSSR count). The van der Waals surface area contributed by atoms with E-state index in [1.54, 1.807) is 0 Å². The topological polar surface area (TPSA) is 59.4 Å². The van der Waals surface area contributed by atoms with Gasteiger partial charge in [0.05, 0.1) is 11.0 Å². The number of aromatic nitrogens is 2. The van der Waals surface area contributed by atoms with E-state index in [1.165, 1.54) is 0 Å². The van der Waals surface area contributed by atoms with E-state index >= 15 is 0 Å². The maximum absolute atomic E-state index is 13.0. The van der Waals surface area contributed by atoms with Crippen molar-refractivity contribution in [2.24, 2.45) is 0 Å². The lowest BCUT2D eigenvalue weighted by Crippen LogP contribution is -2.28. The van der Waals surface area contributed by atoms with Gasteiger partial charge in [0.1, 0.15) is 18.3 Å². The number of hydrogen-bond acceptors (Lipinski definition) is 4. The van der Waals surface area contributed by atoms with Crippen molar-refractivity contribution in [3.63, 3.8) is 0 Å². The lowest BCUT2D eigenvalue weighted by Gasteiger charge is -2.19. The van der Waals surface area contributed by atoms with Gasteiger partial charge in [-0.25, -0.2) is 4.98 Å². The van der Waals surface area contributed by atoms with Crippen molar-refractivity contribution >= 4 is 22.9 Å². The zero-order valence-corrected chi connectivity index (χ0v) is 16.4. The summed E-state index contributed by atoms with van der Waals surface area (Å²) in [6.07, 6.45) is 0. The van der Waals surface area contributed by atoms with E-state index in [4.69, 9.17) is 4.74 Å². The average molecular weight is 378 g/mol. The highest BCUT2D eigenvalue weighted by atomic mass is 16.5. The molecule has 1 N–H and O–H groups in total. The molecule has 0 fully saturated rings. The number of anilines is 1. The highest BCUT2D eigenvalue weighted by Crippen LogP contribution is 2.34. The zero-order valence-electron chi connectivity index (χ0n) is 16.4. The monoisotopic (exact) mass is 378 g/mol. The van der Waals surface area contributed by atoms with E-state index in [1.807, 2.05) is 48.5 Å². The minimum absolute atomic E-state index is 0.0793. The first kappa shape index (κ1) is 18.5. The Morgan fingerprint density at radius 2 is 1.93 bits per heavy atom. The number of para-hydroxylation sites is 3. The first-order valence-corrected chi connectivity index (χ1v) is 9.91. The Balaban J connectivity index is 1.59. The Morgan fingerprint density at radius 1 is 1.18 bits per heavy atom. The van der Waals surface area contributed by atoms with Gasteiger partial charge in [0, 0.05) is 18.7 Å². The predicted molar refractivity (Wildman–Crippen MR) is 111 cm³/mol. The van der Waals surface area contributed by atoms with Gasteiger partial charge in [-0.05, 0) is 31.3 Å². The van der Waals surface area contributed by atoms with Crippen LogP contribution in [0.25, 0.3) is 11.0 Å². The molecule has 6 heteroatoms. The van der Waals surface area contributed by atoms with Crippen LogP contribution in [0.4, 0.5) is 5.95 Å². The quantitative estimate of drug-likeness (QED) is 0.684. The number of imidazole rings is 1. The van der Waals surface area contributed by atoms with Crippen LogP contribution in [0.3, 0.4) is 0 Å². The Morgan fingerprint density at radius 3 is 2.75 bits per heavy atom. The molecule has 1 aromatic heterocycles. The van der Waals surface area contributed by atoms with Crippen LogP contribution in [-0.4, -0.2) is 46.6 Å². The normalized spacial score (nSPS) is 15.6. The number of nitrogens with zero attached hydrogens (tertiary/aromatic N) is 3. The summed E-state index contributed by atoms with van der Waals surface area (Å²) >= 11 is 0. The van der Waals surface area contributed by atoms with Gasteiger partial charge in [0.25, 0.3) is 0 Å². The molecular weight excluding hydrogens is 352 g/mol. The molecule has 1 amide bonds. The van der Waals surface area contributed by atoms with Crippen LogP contribution >= 0.6 is 0 Å². The number of amides is 1. The number of ether oxygens (including phenoxy) is 1. The van der Waals surface area contributed by atoms with Crippen molar-refractivity contribution in [2.75, 3.05) is 31.6 Å². The van der Waals surface area contributed by atoms with Gasteiger partial charge in [-0.1, -0.05) is 44.2 Å². The number of likely N-dealkylation sites (N-methyl/N-ethyl adjacent to an activating group) is 1. The summed E-state index contributed by atoms with van der Waals surface area (Å²) in [4.78, 5) is 20.0. The third-order valence-corrected chi connectivity index (χ3v) is 5.44. The van der Waals surface area contributed by atoms with E-state index in [0.717, 1.165) is 48.5 Å². The average Bonchev–Trinajstić information content (AvgIpc) is 3.30. The fraction of sp³-hybridized carbons (Fsp3) is 0.364. The number of benzene rings is 2. The minimum Gasteiger partial charge on any atom is -0.492 e. The summed E-state index contributed by atoms with van der Waals surface area (Å²) in [6, 6.07) is 15.7. The fourth-order valence-electron chi connectivity index (χ4n) is 3.76. The molecule has 1 aliphatic rings. The van der Waals surface area contributed by atoms with Crippen LogP contribution in [0.2, 0.25) is 0 Å². The summed E-state index contributed by atoms with van der Waals surface area (Å²) in [5.74, 6) is 0.997. The Kier molecular flexibility index (Phi) is 5.30. The molecule has 0 radical (unpaired) electrons. The maximum atomic E-state index is 13.0. The van der Waals surface area contributed by atoms with Gasteiger partial charge in [-0.15, -0.1) is 0 Å². The van der Waals surface area contributed by atoms with Crippen LogP contribution in [0.5, 0.6) is 5.75 Å². The van der Waals surface area contributed by atoms with Gasteiger partial charge >= 0.3 is 0 Å². The summed E-state index contributed by atoms with van der Waals surface area (Å²) < 4.78 is 7.78. The third kappa shape index (κ3) is 3.47. The van der Waals surface area contributed by atoms with Crippen molar-refractivity contribution in [3.05, 3.63) is 54.1 Å². The molecule has 2 aromatic carbocycles. The molecule has 0 aliphatic carbocycles. The van der Waals surface area contributed by atoms with Crippen LogP contribution in [0, 0.1) is 0 Å². The van der Waals surface area contributed by atoms with Crippen molar-refractivity contribution in [1.29, 1.82) is 0 Å². The smallest absolute Gasteiger partial charge is 0.237 e. The Hall–Kier alpha value is -2.86. The molecular formula is C22H26N4O2. The van der Waals surface area contributed by atoms with E-state index in [0.29, 0.717) is 12.6 Å². The van der Waals surface area contributed by atoms with Crippen molar-refractivity contribution in [2.45, 2.75) is 26.3 Å². The SMILES string of the molecule is CCN(CC)CCn1c(NC(=O)C2COc3ccccc32)nc2ccccc21. The summed E-state index contributed by atoms with van der Waals surface area (Å²) in [5.41, 5.74) is 2.86. The number of fused-ring (bicyclic) bond motifs is 2. The van der Waals surface area contributed by atoms with Crippen LogP contribution < -0.4 is 10.1 Å². The molecule has 1 aliphatic heterocycles. The van der Waals surface area contributed by atoms with Gasteiger partial charge in [0.2, 0.25) is 11.9 Å². The van der Waals surface area contributed by atoms with E-state index in [2.05, 4.69) is 33.6 Å². The minimum atomic E-state index is -0.313. The largest absolute Gasteiger partial charge is 0.492 e. The maximum Gasteiger partial charge on any atom is 0.237 e. The zero-order chi connectivity index (χ0) is 19.5. The second-order valence-electron chi connectivity index (χ2n) is 6.99. The number of rotatable bonds is 7. The number of nitrogens with one attached hydrogen (secondary N) is 1. The van der Waals surface area contributed by atoms with Crippen molar-refractivity contribution in [1.82, 2.24) is 14.5 Å². The molecule has 0 saturated carbocycles. The molecule has 3 aromatic rings. The molecule has 28 heavy (non-hydrogen) atoms. The lowest BCUT2D eigenvalue weighted by atomic mass is 10.0. The summed E-state index contributed by atoms with van der Waals surface area (Å²) in [7, 11) is 0. The summed E-state index contributed by atoms with van der Waals surface area (Å²) in [6.45, 7) is 8.37. The van der Waals surface area contributed by atoms with E-state index in [-0.39, 0.29) is 11.8 Å². The highest BCUT2D eigenvalue weighted by Gasteiger charge is 2.31. The molecule has 6 nitrogen and oxygen atoms in total. The molecule has 0 bridgehead atoms. The molecule has 1 atom stereocenters. The van der Waals surface area contributed by atoms with Gasteiger partial charge in [-0.2, -0.15) is 0 Å². The Labute approximate surface area is 165 Å². The third-order valence-electron chi connectivity index (χ3n) is 5.44. The predicted octanol–water partition coefficient (Wildman–Crippen LogP) is 3.49.